The van der Waals surface area contributed by atoms with Crippen molar-refractivity contribution in [1.29, 1.82) is 0 Å². The summed E-state index contributed by atoms with van der Waals surface area (Å²) in [5.41, 5.74) is 0. The van der Waals surface area contributed by atoms with Crippen molar-refractivity contribution in [3.8, 4) is 0 Å². The second-order valence-electron chi connectivity index (χ2n) is 3.80. The number of hydrogen-bond acceptors (Lipinski definition) is 3. The number of carboxylic acids is 1. The SMILES string of the molecule is O=C(O)/C=C/C1CCC2OCOC2C1. The Morgan fingerprint density at radius 2 is 2.07 bits per heavy atom. The van der Waals surface area contributed by atoms with Gasteiger partial charge in [0, 0.05) is 6.08 Å². The van der Waals surface area contributed by atoms with E-state index in [1.807, 2.05) is 0 Å². The first-order valence-corrected chi connectivity index (χ1v) is 4.90. The fourth-order valence-electron chi connectivity index (χ4n) is 2.11. The normalized spacial score (nSPS) is 37.3. The minimum atomic E-state index is -0.879. The van der Waals surface area contributed by atoms with Gasteiger partial charge in [0.2, 0.25) is 0 Å². The molecular weight excluding hydrogens is 184 g/mol. The molecule has 1 aliphatic heterocycles. The molecule has 1 saturated heterocycles. The highest BCUT2D eigenvalue weighted by Gasteiger charge is 2.34. The second kappa shape index (κ2) is 4.11. The topological polar surface area (TPSA) is 55.8 Å². The quantitative estimate of drug-likeness (QED) is 0.677. The van der Waals surface area contributed by atoms with Crippen molar-refractivity contribution < 1.29 is 19.4 Å². The number of aliphatic carboxylic acids is 1. The average Bonchev–Trinajstić information content (AvgIpc) is 2.61. The predicted molar refractivity (Wildman–Crippen MR) is 48.7 cm³/mol. The number of carbonyl (C=O) groups is 1. The van der Waals surface area contributed by atoms with E-state index in [0.717, 1.165) is 19.3 Å². The van der Waals surface area contributed by atoms with Crippen LogP contribution in [0, 0.1) is 5.92 Å². The van der Waals surface area contributed by atoms with E-state index in [9.17, 15) is 4.79 Å². The first kappa shape index (κ1) is 9.68. The lowest BCUT2D eigenvalue weighted by Crippen LogP contribution is -2.30. The van der Waals surface area contributed by atoms with E-state index in [4.69, 9.17) is 14.6 Å². The summed E-state index contributed by atoms with van der Waals surface area (Å²) in [5.74, 6) is -0.551. The lowest BCUT2D eigenvalue weighted by molar-refractivity contribution is -0.131. The molecular formula is C10H14O4. The van der Waals surface area contributed by atoms with Gasteiger partial charge in [-0.2, -0.15) is 0 Å². The second-order valence-corrected chi connectivity index (χ2v) is 3.80. The van der Waals surface area contributed by atoms with Crippen LogP contribution in [0.15, 0.2) is 12.2 Å². The predicted octanol–water partition coefficient (Wildman–Crippen LogP) is 1.17. The zero-order valence-electron chi connectivity index (χ0n) is 7.89. The van der Waals surface area contributed by atoms with Crippen molar-refractivity contribution in [3.63, 3.8) is 0 Å². The third-order valence-electron chi connectivity index (χ3n) is 2.85. The van der Waals surface area contributed by atoms with Crippen LogP contribution in [0.4, 0.5) is 0 Å². The van der Waals surface area contributed by atoms with E-state index in [0.29, 0.717) is 12.7 Å². The molecule has 0 spiro atoms. The van der Waals surface area contributed by atoms with Gasteiger partial charge in [-0.15, -0.1) is 0 Å². The standard InChI is InChI=1S/C10H14O4/c11-10(12)4-2-7-1-3-8-9(5-7)14-6-13-8/h2,4,7-9H,1,3,5-6H2,(H,11,12)/b4-2+. The first-order chi connectivity index (χ1) is 6.75. The highest BCUT2D eigenvalue weighted by atomic mass is 16.7. The van der Waals surface area contributed by atoms with Gasteiger partial charge in [0.1, 0.15) is 6.79 Å². The smallest absolute Gasteiger partial charge is 0.327 e. The first-order valence-electron chi connectivity index (χ1n) is 4.90. The Labute approximate surface area is 82.5 Å². The van der Waals surface area contributed by atoms with Gasteiger partial charge in [-0.05, 0) is 25.2 Å². The van der Waals surface area contributed by atoms with Gasteiger partial charge in [-0.3, -0.25) is 0 Å². The van der Waals surface area contributed by atoms with Crippen molar-refractivity contribution in [2.45, 2.75) is 31.5 Å². The fourth-order valence-corrected chi connectivity index (χ4v) is 2.11. The molecule has 4 heteroatoms. The Hall–Kier alpha value is -0.870. The Balaban J connectivity index is 1.88. The van der Waals surface area contributed by atoms with Gasteiger partial charge in [-0.1, -0.05) is 6.08 Å². The molecule has 0 radical (unpaired) electrons. The molecule has 2 aliphatic rings. The van der Waals surface area contributed by atoms with Crippen LogP contribution in [0.3, 0.4) is 0 Å². The minimum Gasteiger partial charge on any atom is -0.478 e. The van der Waals surface area contributed by atoms with E-state index in [2.05, 4.69) is 0 Å². The number of rotatable bonds is 2. The zero-order valence-corrected chi connectivity index (χ0v) is 7.89. The van der Waals surface area contributed by atoms with E-state index in [-0.39, 0.29) is 12.2 Å². The molecule has 1 aliphatic carbocycles. The van der Waals surface area contributed by atoms with Crippen molar-refractivity contribution in [2.24, 2.45) is 5.92 Å². The zero-order chi connectivity index (χ0) is 9.97. The lowest BCUT2D eigenvalue weighted by atomic mass is 9.85. The third kappa shape index (κ3) is 2.13. The molecule has 3 atom stereocenters. The van der Waals surface area contributed by atoms with Gasteiger partial charge in [0.25, 0.3) is 0 Å². The molecule has 1 N–H and O–H groups in total. The molecule has 2 rings (SSSR count). The van der Waals surface area contributed by atoms with Crippen LogP contribution in [0.5, 0.6) is 0 Å². The summed E-state index contributed by atoms with van der Waals surface area (Å²) in [4.78, 5) is 10.3. The van der Waals surface area contributed by atoms with E-state index < -0.39 is 5.97 Å². The van der Waals surface area contributed by atoms with Gasteiger partial charge in [-0.25, -0.2) is 4.79 Å². The number of allylic oxidation sites excluding steroid dienone is 1. The molecule has 0 aromatic carbocycles. The van der Waals surface area contributed by atoms with E-state index >= 15 is 0 Å². The van der Waals surface area contributed by atoms with Gasteiger partial charge < -0.3 is 14.6 Å². The summed E-state index contributed by atoms with van der Waals surface area (Å²) < 4.78 is 10.8. The molecule has 2 fully saturated rings. The molecule has 78 valence electrons. The largest absolute Gasteiger partial charge is 0.478 e. The van der Waals surface area contributed by atoms with Gasteiger partial charge >= 0.3 is 5.97 Å². The Bertz CT molecular complexity index is 249. The molecule has 0 aromatic rings. The monoisotopic (exact) mass is 198 g/mol. The number of fused-ring (bicyclic) bond motifs is 1. The molecule has 1 heterocycles. The highest BCUT2D eigenvalue weighted by molar-refractivity contribution is 5.79. The van der Waals surface area contributed by atoms with Crippen LogP contribution in [0.1, 0.15) is 19.3 Å². The molecule has 0 aromatic heterocycles. The highest BCUT2D eigenvalue weighted by Crippen LogP contribution is 2.32. The van der Waals surface area contributed by atoms with Crippen molar-refractivity contribution in [3.05, 3.63) is 12.2 Å². The molecule has 0 bridgehead atoms. The lowest BCUT2D eigenvalue weighted by Gasteiger charge is -2.27. The number of hydrogen-bond donors (Lipinski definition) is 1. The van der Waals surface area contributed by atoms with Crippen LogP contribution >= 0.6 is 0 Å². The maximum Gasteiger partial charge on any atom is 0.327 e. The summed E-state index contributed by atoms with van der Waals surface area (Å²) in [7, 11) is 0. The van der Waals surface area contributed by atoms with Crippen LogP contribution in [0.2, 0.25) is 0 Å². The van der Waals surface area contributed by atoms with Crippen LogP contribution in [0.25, 0.3) is 0 Å². The van der Waals surface area contributed by atoms with Gasteiger partial charge in [0.05, 0.1) is 12.2 Å². The number of carboxylic acid groups (broad SMARTS) is 1. The van der Waals surface area contributed by atoms with Crippen LogP contribution < -0.4 is 0 Å². The van der Waals surface area contributed by atoms with Crippen molar-refractivity contribution in [1.82, 2.24) is 0 Å². The summed E-state index contributed by atoms with van der Waals surface area (Å²) in [6.45, 7) is 0.394. The van der Waals surface area contributed by atoms with Crippen LogP contribution in [-0.4, -0.2) is 30.1 Å². The van der Waals surface area contributed by atoms with E-state index in [1.165, 1.54) is 6.08 Å². The molecule has 3 unspecified atom stereocenters. The molecule has 1 saturated carbocycles. The van der Waals surface area contributed by atoms with Gasteiger partial charge in [0.15, 0.2) is 0 Å². The third-order valence-corrected chi connectivity index (χ3v) is 2.85. The van der Waals surface area contributed by atoms with Crippen LogP contribution in [-0.2, 0) is 14.3 Å². The molecule has 14 heavy (non-hydrogen) atoms. The summed E-state index contributed by atoms with van der Waals surface area (Å²) in [6.07, 6.45) is 6.25. The maximum atomic E-state index is 10.3. The van der Waals surface area contributed by atoms with Crippen molar-refractivity contribution in [2.75, 3.05) is 6.79 Å². The fraction of sp³-hybridized carbons (Fsp3) is 0.700. The Morgan fingerprint density at radius 1 is 1.29 bits per heavy atom. The molecule has 4 nitrogen and oxygen atoms in total. The maximum absolute atomic E-state index is 10.3. The van der Waals surface area contributed by atoms with Crippen molar-refractivity contribution >= 4 is 5.97 Å². The summed E-state index contributed by atoms with van der Waals surface area (Å²) in [5, 5.41) is 8.49. The molecule has 0 amide bonds. The average molecular weight is 198 g/mol. The Morgan fingerprint density at radius 3 is 2.86 bits per heavy atom. The summed E-state index contributed by atoms with van der Waals surface area (Å²) >= 11 is 0. The Kier molecular flexibility index (Phi) is 2.84. The number of ether oxygens (including phenoxy) is 2. The minimum absolute atomic E-state index is 0.173. The summed E-state index contributed by atoms with van der Waals surface area (Å²) in [6, 6.07) is 0. The van der Waals surface area contributed by atoms with E-state index in [1.54, 1.807) is 6.08 Å².